The molecule has 0 aromatic carbocycles. The van der Waals surface area contributed by atoms with Gasteiger partial charge in [-0.05, 0) is 0 Å². The zero-order valence-electron chi connectivity index (χ0n) is 10.1. The Morgan fingerprint density at radius 1 is 1.53 bits per heavy atom. The number of aliphatic hydroxyl groups is 3. The van der Waals surface area contributed by atoms with Crippen LogP contribution >= 0.6 is 0 Å². The molecule has 4 N–H and O–H groups in total. The van der Waals surface area contributed by atoms with Crippen LogP contribution in [0.5, 0.6) is 0 Å². The first kappa shape index (κ1) is 13.6. The number of hydrogen-bond acceptors (Lipinski definition) is 7. The molecule has 0 spiro atoms. The number of aromatic nitrogens is 4. The van der Waals surface area contributed by atoms with E-state index in [4.69, 9.17) is 9.84 Å². The molecule has 0 unspecified atom stereocenters. The van der Waals surface area contributed by atoms with E-state index in [-0.39, 0.29) is 11.0 Å². The average molecular weight is 270 g/mol. The zero-order valence-corrected chi connectivity index (χ0v) is 10.1. The Morgan fingerprint density at radius 2 is 2.26 bits per heavy atom. The summed E-state index contributed by atoms with van der Waals surface area (Å²) in [5, 5.41) is 32.9. The average Bonchev–Trinajstić information content (AvgIpc) is 2.84. The highest BCUT2D eigenvalue weighted by Gasteiger charge is 2.29. The number of H-pyrrole nitrogens is 1. The lowest BCUT2D eigenvalue weighted by atomic mass is 10.2. The van der Waals surface area contributed by atoms with Crippen molar-refractivity contribution in [3.05, 3.63) is 22.9 Å². The van der Waals surface area contributed by atoms with Gasteiger partial charge in [0.15, 0.2) is 11.9 Å². The number of fused-ring (bicyclic) bond motifs is 1. The smallest absolute Gasteiger partial charge is 0.261 e. The number of nitrogens with one attached hydrogen (secondary N) is 1. The third-order valence-electron chi connectivity index (χ3n) is 2.82. The molecule has 0 radical (unpaired) electrons. The van der Waals surface area contributed by atoms with E-state index in [2.05, 4.69) is 15.1 Å². The van der Waals surface area contributed by atoms with Crippen molar-refractivity contribution < 1.29 is 20.1 Å². The summed E-state index contributed by atoms with van der Waals surface area (Å²) in [6.07, 6.45) is -1.49. The number of nitrogens with zero attached hydrogens (tertiary/aromatic N) is 3. The summed E-state index contributed by atoms with van der Waals surface area (Å²) in [5.74, 6) is 0. The molecule has 2 aromatic rings. The van der Waals surface area contributed by atoms with Gasteiger partial charge in [0.2, 0.25) is 0 Å². The molecule has 2 heterocycles. The van der Waals surface area contributed by atoms with Crippen LogP contribution in [0.2, 0.25) is 0 Å². The topological polar surface area (TPSA) is 133 Å². The molecule has 0 bridgehead atoms. The van der Waals surface area contributed by atoms with Crippen molar-refractivity contribution in [1.29, 1.82) is 0 Å². The Morgan fingerprint density at radius 3 is 2.89 bits per heavy atom. The molecule has 2 aromatic heterocycles. The second-order valence-electron chi connectivity index (χ2n) is 3.92. The van der Waals surface area contributed by atoms with Crippen molar-refractivity contribution in [3.63, 3.8) is 0 Å². The zero-order chi connectivity index (χ0) is 14.0. The first-order valence-corrected chi connectivity index (χ1v) is 5.50. The van der Waals surface area contributed by atoms with E-state index in [9.17, 15) is 15.0 Å². The van der Waals surface area contributed by atoms with Crippen LogP contribution in [0.3, 0.4) is 0 Å². The summed E-state index contributed by atoms with van der Waals surface area (Å²) < 4.78 is 5.82. The largest absolute Gasteiger partial charge is 0.394 e. The number of ether oxygens (including phenoxy) is 1. The lowest BCUT2D eigenvalue weighted by Crippen LogP contribution is -2.39. The minimum atomic E-state index is -1.50. The third kappa shape index (κ3) is 2.36. The fourth-order valence-electron chi connectivity index (χ4n) is 1.73. The molecular formula is C10H14N4O5. The Hall–Kier alpha value is -1.81. The summed E-state index contributed by atoms with van der Waals surface area (Å²) in [6.45, 7) is -0.470. The molecule has 0 aliphatic rings. The minimum absolute atomic E-state index is 0.128. The van der Waals surface area contributed by atoms with E-state index in [0.29, 0.717) is 0 Å². The van der Waals surface area contributed by atoms with Gasteiger partial charge in [-0.2, -0.15) is 5.10 Å². The number of methoxy groups -OCH3 is 1. The molecule has 104 valence electrons. The van der Waals surface area contributed by atoms with Gasteiger partial charge >= 0.3 is 0 Å². The molecule has 0 aliphatic heterocycles. The minimum Gasteiger partial charge on any atom is -0.394 e. The monoisotopic (exact) mass is 270 g/mol. The lowest BCUT2D eigenvalue weighted by Gasteiger charge is -2.24. The molecule has 9 nitrogen and oxygen atoms in total. The Kier molecular flexibility index (Phi) is 3.90. The standard InChI is InChI=1S/C10H14N4O5/c1-19-6(3-15)7(16)10(18)14-8-5(2-13-14)9(17)12-4-11-8/h2,4,6-7,10,15-16,18H,3H2,1H3,(H,11,12,17)/t6-,7-,10-/m1/s1. The van der Waals surface area contributed by atoms with E-state index in [1.165, 1.54) is 19.6 Å². The molecule has 9 heteroatoms. The second kappa shape index (κ2) is 5.45. The van der Waals surface area contributed by atoms with Crippen molar-refractivity contribution in [1.82, 2.24) is 19.7 Å². The molecule has 0 aliphatic carbocycles. The van der Waals surface area contributed by atoms with Crippen LogP contribution in [0.15, 0.2) is 17.3 Å². The van der Waals surface area contributed by atoms with Crippen molar-refractivity contribution in [2.24, 2.45) is 0 Å². The Balaban J connectivity index is 2.39. The third-order valence-corrected chi connectivity index (χ3v) is 2.82. The van der Waals surface area contributed by atoms with Gasteiger partial charge in [-0.15, -0.1) is 0 Å². The fraction of sp³-hybridized carbons (Fsp3) is 0.500. The quantitative estimate of drug-likeness (QED) is 0.492. The van der Waals surface area contributed by atoms with Gasteiger partial charge in [0.25, 0.3) is 5.56 Å². The van der Waals surface area contributed by atoms with Crippen LogP contribution in [-0.2, 0) is 4.74 Å². The van der Waals surface area contributed by atoms with Gasteiger partial charge in [-0.3, -0.25) is 4.79 Å². The van der Waals surface area contributed by atoms with Crippen LogP contribution < -0.4 is 5.56 Å². The van der Waals surface area contributed by atoms with Gasteiger partial charge < -0.3 is 25.0 Å². The van der Waals surface area contributed by atoms with Crippen LogP contribution in [0.1, 0.15) is 6.23 Å². The van der Waals surface area contributed by atoms with Gasteiger partial charge in [-0.25, -0.2) is 9.67 Å². The van der Waals surface area contributed by atoms with Crippen LogP contribution in [0, 0.1) is 0 Å². The van der Waals surface area contributed by atoms with Crippen LogP contribution in [0.25, 0.3) is 11.0 Å². The van der Waals surface area contributed by atoms with Crippen LogP contribution in [-0.4, -0.2) is 61.0 Å². The summed E-state index contributed by atoms with van der Waals surface area (Å²) >= 11 is 0. The van der Waals surface area contributed by atoms with E-state index < -0.39 is 30.6 Å². The van der Waals surface area contributed by atoms with Gasteiger partial charge in [0, 0.05) is 7.11 Å². The molecular weight excluding hydrogens is 256 g/mol. The first-order valence-electron chi connectivity index (χ1n) is 5.50. The van der Waals surface area contributed by atoms with E-state index in [0.717, 1.165) is 4.68 Å². The van der Waals surface area contributed by atoms with Crippen molar-refractivity contribution >= 4 is 11.0 Å². The van der Waals surface area contributed by atoms with E-state index in [1.807, 2.05) is 0 Å². The molecule has 0 saturated heterocycles. The Labute approximate surface area is 107 Å². The maximum atomic E-state index is 11.5. The molecule has 0 amide bonds. The highest BCUT2D eigenvalue weighted by atomic mass is 16.5. The second-order valence-corrected chi connectivity index (χ2v) is 3.92. The fourth-order valence-corrected chi connectivity index (χ4v) is 1.73. The molecule has 0 fully saturated rings. The SMILES string of the molecule is CO[C@H](CO)[C@@H](O)[C@@H](O)n1ncc2c(=O)[nH]cnc21. The van der Waals surface area contributed by atoms with Crippen molar-refractivity contribution in [3.8, 4) is 0 Å². The maximum absolute atomic E-state index is 11.5. The van der Waals surface area contributed by atoms with Crippen molar-refractivity contribution in [2.45, 2.75) is 18.4 Å². The number of aliphatic hydroxyl groups excluding tert-OH is 3. The van der Waals surface area contributed by atoms with Crippen LogP contribution in [0.4, 0.5) is 0 Å². The number of aromatic amines is 1. The molecule has 2 rings (SSSR count). The highest BCUT2D eigenvalue weighted by Crippen LogP contribution is 2.16. The maximum Gasteiger partial charge on any atom is 0.261 e. The summed E-state index contributed by atoms with van der Waals surface area (Å²) in [7, 11) is 1.29. The predicted molar refractivity (Wildman–Crippen MR) is 63.3 cm³/mol. The summed E-state index contributed by atoms with van der Waals surface area (Å²) in [4.78, 5) is 17.7. The van der Waals surface area contributed by atoms with E-state index >= 15 is 0 Å². The summed E-state index contributed by atoms with van der Waals surface area (Å²) in [5.41, 5.74) is -0.272. The Bertz CT molecular complexity index is 605. The predicted octanol–water partition coefficient (Wildman–Crippen LogP) is -2.02. The van der Waals surface area contributed by atoms with Gasteiger partial charge in [0.05, 0.1) is 19.1 Å². The number of hydrogen-bond donors (Lipinski definition) is 4. The van der Waals surface area contributed by atoms with E-state index in [1.54, 1.807) is 0 Å². The van der Waals surface area contributed by atoms with Gasteiger partial charge in [0.1, 0.15) is 17.6 Å². The molecule has 0 saturated carbocycles. The first-order chi connectivity index (χ1) is 9.10. The molecule has 19 heavy (non-hydrogen) atoms. The lowest BCUT2D eigenvalue weighted by molar-refractivity contribution is -0.119. The normalized spacial score (nSPS) is 16.4. The van der Waals surface area contributed by atoms with Crippen molar-refractivity contribution in [2.75, 3.05) is 13.7 Å². The summed E-state index contributed by atoms with van der Waals surface area (Å²) in [6, 6.07) is 0. The molecule has 3 atom stereocenters. The van der Waals surface area contributed by atoms with Gasteiger partial charge in [-0.1, -0.05) is 0 Å². The highest BCUT2D eigenvalue weighted by molar-refractivity contribution is 5.72. The number of rotatable bonds is 5.